The maximum Gasteiger partial charge on any atom is 0.129 e. The summed E-state index contributed by atoms with van der Waals surface area (Å²) in [4.78, 5) is 5.22. The average Bonchev–Trinajstić information content (AvgIpc) is 2.67. The summed E-state index contributed by atoms with van der Waals surface area (Å²) in [6.07, 6.45) is 6.95. The van der Waals surface area contributed by atoms with E-state index in [0.717, 1.165) is 5.84 Å². The van der Waals surface area contributed by atoms with E-state index in [0.29, 0.717) is 0 Å². The van der Waals surface area contributed by atoms with Crippen LogP contribution in [-0.2, 0) is 0 Å². The number of rotatable bonds is 4. The molecular formula is C11H12N2S. The number of thiophene rings is 1. The SMILES string of the molecule is C=CN=C(/C=C/c1cccs1)NC=C. The van der Waals surface area contributed by atoms with Crippen LogP contribution < -0.4 is 5.32 Å². The Labute approximate surface area is 88.0 Å². The lowest BCUT2D eigenvalue weighted by Crippen LogP contribution is -2.12. The van der Waals surface area contributed by atoms with Gasteiger partial charge in [-0.2, -0.15) is 0 Å². The maximum atomic E-state index is 4.03. The van der Waals surface area contributed by atoms with Crippen molar-refractivity contribution >= 4 is 23.2 Å². The minimum atomic E-state index is 0.725. The third kappa shape index (κ3) is 3.41. The molecule has 0 aliphatic heterocycles. The van der Waals surface area contributed by atoms with Gasteiger partial charge in [-0.3, -0.25) is 0 Å². The van der Waals surface area contributed by atoms with Crippen LogP contribution >= 0.6 is 11.3 Å². The molecule has 0 bridgehead atoms. The molecule has 0 radical (unpaired) electrons. The van der Waals surface area contributed by atoms with Gasteiger partial charge in [-0.1, -0.05) is 19.2 Å². The summed E-state index contributed by atoms with van der Waals surface area (Å²) >= 11 is 1.68. The van der Waals surface area contributed by atoms with Gasteiger partial charge in [0, 0.05) is 11.1 Å². The Hall–Kier alpha value is -1.61. The first-order valence-corrected chi connectivity index (χ1v) is 5.02. The van der Waals surface area contributed by atoms with Crippen molar-refractivity contribution in [3.63, 3.8) is 0 Å². The second-order valence-electron chi connectivity index (χ2n) is 2.39. The van der Waals surface area contributed by atoms with Gasteiger partial charge in [0.25, 0.3) is 0 Å². The molecule has 0 saturated carbocycles. The minimum Gasteiger partial charge on any atom is -0.347 e. The van der Waals surface area contributed by atoms with Crippen molar-refractivity contribution in [2.75, 3.05) is 0 Å². The summed E-state index contributed by atoms with van der Waals surface area (Å²) in [5.41, 5.74) is 0. The van der Waals surface area contributed by atoms with E-state index in [9.17, 15) is 0 Å². The van der Waals surface area contributed by atoms with Crippen molar-refractivity contribution in [3.05, 3.63) is 54.0 Å². The molecule has 0 atom stereocenters. The molecular weight excluding hydrogens is 192 g/mol. The Morgan fingerprint density at radius 3 is 2.93 bits per heavy atom. The lowest BCUT2D eigenvalue weighted by molar-refractivity contribution is 1.27. The molecule has 2 nitrogen and oxygen atoms in total. The predicted molar refractivity (Wildman–Crippen MR) is 64.3 cm³/mol. The van der Waals surface area contributed by atoms with E-state index >= 15 is 0 Å². The van der Waals surface area contributed by atoms with Crippen LogP contribution in [0.5, 0.6) is 0 Å². The van der Waals surface area contributed by atoms with Crippen molar-refractivity contribution in [3.8, 4) is 0 Å². The Balaban J connectivity index is 2.68. The summed E-state index contributed by atoms with van der Waals surface area (Å²) in [7, 11) is 0. The third-order valence-corrected chi connectivity index (χ3v) is 2.27. The number of amidine groups is 1. The van der Waals surface area contributed by atoms with E-state index in [-0.39, 0.29) is 0 Å². The van der Waals surface area contributed by atoms with Crippen LogP contribution in [0.4, 0.5) is 0 Å². The zero-order chi connectivity index (χ0) is 10.2. The molecule has 72 valence electrons. The molecule has 0 fully saturated rings. The second kappa shape index (κ2) is 5.94. The van der Waals surface area contributed by atoms with Gasteiger partial charge < -0.3 is 5.32 Å². The molecule has 0 aliphatic carbocycles. The quantitative estimate of drug-likeness (QED) is 0.591. The highest BCUT2D eigenvalue weighted by molar-refractivity contribution is 7.10. The molecule has 1 heterocycles. The van der Waals surface area contributed by atoms with Crippen LogP contribution in [0.3, 0.4) is 0 Å². The molecule has 0 amide bonds. The highest BCUT2D eigenvalue weighted by atomic mass is 32.1. The molecule has 1 N–H and O–H groups in total. The molecule has 0 unspecified atom stereocenters. The average molecular weight is 204 g/mol. The Bertz CT molecular complexity index is 347. The zero-order valence-corrected chi connectivity index (χ0v) is 8.63. The van der Waals surface area contributed by atoms with Crippen LogP contribution in [0, 0.1) is 0 Å². The minimum absolute atomic E-state index is 0.725. The largest absolute Gasteiger partial charge is 0.347 e. The van der Waals surface area contributed by atoms with E-state index in [2.05, 4.69) is 23.5 Å². The number of nitrogens with one attached hydrogen (secondary N) is 1. The van der Waals surface area contributed by atoms with E-state index in [1.54, 1.807) is 17.5 Å². The van der Waals surface area contributed by atoms with Crippen molar-refractivity contribution in [1.82, 2.24) is 5.32 Å². The standard InChI is InChI=1S/C11H12N2S/c1-3-12-11(13-4-2)8-7-10-6-5-9-14-10/h3-9H,1-2H2,(H,12,13)/b8-7+. The summed E-state index contributed by atoms with van der Waals surface area (Å²) in [5, 5.41) is 4.94. The first kappa shape index (κ1) is 10.5. The fourth-order valence-electron chi connectivity index (χ4n) is 0.878. The van der Waals surface area contributed by atoms with E-state index in [1.807, 2.05) is 29.7 Å². The van der Waals surface area contributed by atoms with Crippen LogP contribution in [0.15, 0.2) is 54.1 Å². The van der Waals surface area contributed by atoms with Gasteiger partial charge in [-0.15, -0.1) is 11.3 Å². The van der Waals surface area contributed by atoms with Gasteiger partial charge in [-0.05, 0) is 29.8 Å². The maximum absolute atomic E-state index is 4.03. The van der Waals surface area contributed by atoms with Crippen LogP contribution in [0.2, 0.25) is 0 Å². The smallest absolute Gasteiger partial charge is 0.129 e. The first-order valence-electron chi connectivity index (χ1n) is 4.14. The van der Waals surface area contributed by atoms with Gasteiger partial charge in [-0.25, -0.2) is 4.99 Å². The van der Waals surface area contributed by atoms with Crippen LogP contribution in [0.1, 0.15) is 4.88 Å². The topological polar surface area (TPSA) is 24.4 Å². The highest BCUT2D eigenvalue weighted by Crippen LogP contribution is 2.09. The van der Waals surface area contributed by atoms with Crippen LogP contribution in [-0.4, -0.2) is 5.84 Å². The first-order chi connectivity index (χ1) is 6.86. The zero-order valence-electron chi connectivity index (χ0n) is 7.81. The van der Waals surface area contributed by atoms with Gasteiger partial charge in [0.05, 0.1) is 0 Å². The van der Waals surface area contributed by atoms with E-state index in [4.69, 9.17) is 0 Å². The summed E-state index contributed by atoms with van der Waals surface area (Å²) in [6, 6.07) is 4.05. The highest BCUT2D eigenvalue weighted by Gasteiger charge is 1.89. The Morgan fingerprint density at radius 1 is 1.50 bits per heavy atom. The summed E-state index contributed by atoms with van der Waals surface area (Å²) < 4.78 is 0. The van der Waals surface area contributed by atoms with Crippen molar-refractivity contribution in [2.24, 2.45) is 4.99 Å². The summed E-state index contributed by atoms with van der Waals surface area (Å²) in [6.45, 7) is 7.10. The fraction of sp³-hybridized carbons (Fsp3) is 0. The van der Waals surface area contributed by atoms with Gasteiger partial charge >= 0.3 is 0 Å². The van der Waals surface area contributed by atoms with Crippen molar-refractivity contribution < 1.29 is 0 Å². The molecule has 0 saturated heterocycles. The van der Waals surface area contributed by atoms with E-state index in [1.165, 1.54) is 11.1 Å². The Morgan fingerprint density at radius 2 is 2.36 bits per heavy atom. The summed E-state index contributed by atoms with van der Waals surface area (Å²) in [5.74, 6) is 0.725. The van der Waals surface area contributed by atoms with Gasteiger partial charge in [0.2, 0.25) is 0 Å². The molecule has 14 heavy (non-hydrogen) atoms. The number of hydrogen-bond donors (Lipinski definition) is 1. The monoisotopic (exact) mass is 204 g/mol. The molecule has 0 spiro atoms. The number of nitrogens with zero attached hydrogens (tertiary/aromatic N) is 1. The lowest BCUT2D eigenvalue weighted by Gasteiger charge is -1.96. The fourth-order valence-corrected chi connectivity index (χ4v) is 1.50. The molecule has 3 heteroatoms. The normalized spacial score (nSPS) is 11.6. The lowest BCUT2D eigenvalue weighted by atomic mass is 10.4. The number of aliphatic imine (C=N–C) groups is 1. The molecule has 1 rings (SSSR count). The van der Waals surface area contributed by atoms with Crippen LogP contribution in [0.25, 0.3) is 6.08 Å². The predicted octanol–water partition coefficient (Wildman–Crippen LogP) is 3.04. The molecule has 1 aromatic rings. The molecule has 1 aromatic heterocycles. The van der Waals surface area contributed by atoms with Gasteiger partial charge in [0.1, 0.15) is 5.84 Å². The van der Waals surface area contributed by atoms with Gasteiger partial charge in [0.15, 0.2) is 0 Å². The molecule has 0 aliphatic rings. The second-order valence-corrected chi connectivity index (χ2v) is 3.37. The Kier molecular flexibility index (Phi) is 4.44. The number of hydrogen-bond acceptors (Lipinski definition) is 2. The van der Waals surface area contributed by atoms with E-state index < -0.39 is 0 Å². The van der Waals surface area contributed by atoms with Crippen molar-refractivity contribution in [1.29, 1.82) is 0 Å². The van der Waals surface area contributed by atoms with Crippen molar-refractivity contribution in [2.45, 2.75) is 0 Å². The third-order valence-electron chi connectivity index (χ3n) is 1.43. The molecule has 0 aromatic carbocycles.